The van der Waals surface area contributed by atoms with Crippen LogP contribution in [-0.4, -0.2) is 17.4 Å². The highest BCUT2D eigenvalue weighted by molar-refractivity contribution is 6.34. The van der Waals surface area contributed by atoms with Crippen molar-refractivity contribution in [1.29, 1.82) is 0 Å². The highest BCUT2D eigenvalue weighted by Gasteiger charge is 2.13. The van der Waals surface area contributed by atoms with Gasteiger partial charge in [-0.1, -0.05) is 29.3 Å². The van der Waals surface area contributed by atoms with Gasteiger partial charge < -0.3 is 10.6 Å². The average molecular weight is 304 g/mol. The Bertz CT molecular complexity index is 671. The minimum Gasteiger partial charge on any atom is -0.370 e. The normalized spacial score (nSPS) is 10.3. The summed E-state index contributed by atoms with van der Waals surface area (Å²) < 4.78 is 0. The maximum absolute atomic E-state index is 12.4. The van der Waals surface area contributed by atoms with Gasteiger partial charge in [-0.25, -0.2) is 4.98 Å². The van der Waals surface area contributed by atoms with Crippen LogP contribution in [0.5, 0.6) is 0 Å². The van der Waals surface area contributed by atoms with Crippen molar-refractivity contribution < 1.29 is 4.79 Å². The number of hydrogen-bond acceptors (Lipinski definition) is 3. The molecule has 0 aliphatic heterocycles. The second kappa shape index (κ2) is 6.59. The van der Waals surface area contributed by atoms with Gasteiger partial charge in [0.05, 0.1) is 10.6 Å². The molecule has 4 nitrogen and oxygen atoms in total. The minimum atomic E-state index is -0.242. The molecule has 1 amide bonds. The third kappa shape index (κ3) is 3.73. The number of pyridine rings is 1. The Morgan fingerprint density at radius 1 is 1.29 bits per heavy atom. The van der Waals surface area contributed by atoms with Gasteiger partial charge >= 0.3 is 0 Å². The molecular weight excluding hydrogens is 286 g/mol. The van der Waals surface area contributed by atoms with Crippen molar-refractivity contribution in [2.45, 2.75) is 20.8 Å². The van der Waals surface area contributed by atoms with E-state index in [1.807, 2.05) is 39.0 Å². The Kier molecular flexibility index (Phi) is 4.81. The van der Waals surface area contributed by atoms with Crippen LogP contribution in [-0.2, 0) is 0 Å². The van der Waals surface area contributed by atoms with Gasteiger partial charge in [0.2, 0.25) is 0 Å². The lowest BCUT2D eigenvalue weighted by Crippen LogP contribution is -2.14. The molecule has 0 unspecified atom stereocenters. The first-order chi connectivity index (χ1) is 10.0. The van der Waals surface area contributed by atoms with E-state index >= 15 is 0 Å². The molecule has 2 rings (SSSR count). The van der Waals surface area contributed by atoms with Crippen molar-refractivity contribution in [3.05, 3.63) is 52.2 Å². The van der Waals surface area contributed by atoms with E-state index in [4.69, 9.17) is 11.6 Å². The molecule has 0 saturated heterocycles. The summed E-state index contributed by atoms with van der Waals surface area (Å²) in [4.78, 5) is 16.5. The molecule has 2 N–H and O–H groups in total. The molecule has 5 heteroatoms. The van der Waals surface area contributed by atoms with Crippen LogP contribution in [0.15, 0.2) is 30.5 Å². The van der Waals surface area contributed by atoms with Crippen LogP contribution < -0.4 is 10.6 Å². The topological polar surface area (TPSA) is 54.0 Å². The Hall–Kier alpha value is -2.07. The fourth-order valence-electron chi connectivity index (χ4n) is 2.03. The second-order valence-corrected chi connectivity index (χ2v) is 5.26. The van der Waals surface area contributed by atoms with Crippen LogP contribution in [0.1, 0.15) is 28.4 Å². The number of nitrogens with zero attached hydrogens (tertiary/aromatic N) is 1. The predicted molar refractivity (Wildman–Crippen MR) is 87.3 cm³/mol. The van der Waals surface area contributed by atoms with E-state index in [0.29, 0.717) is 16.4 Å². The van der Waals surface area contributed by atoms with E-state index in [0.717, 1.165) is 23.4 Å². The number of carbonyl (C=O) groups excluding carboxylic acids is 1. The molecule has 2 aromatic rings. The first-order valence-electron chi connectivity index (χ1n) is 6.79. The average Bonchev–Trinajstić information content (AvgIpc) is 2.44. The smallest absolute Gasteiger partial charge is 0.257 e. The number of anilines is 2. The van der Waals surface area contributed by atoms with Crippen LogP contribution in [0.3, 0.4) is 0 Å². The predicted octanol–water partition coefficient (Wildman–Crippen LogP) is 4.04. The summed E-state index contributed by atoms with van der Waals surface area (Å²) in [5.41, 5.74) is 3.35. The molecule has 0 aliphatic rings. The Labute approximate surface area is 129 Å². The van der Waals surface area contributed by atoms with Crippen molar-refractivity contribution in [2.24, 2.45) is 0 Å². The quantitative estimate of drug-likeness (QED) is 0.896. The molecule has 0 saturated carbocycles. The number of nitrogens with one attached hydrogen (secondary N) is 2. The maximum atomic E-state index is 12.4. The first-order valence-corrected chi connectivity index (χ1v) is 7.17. The van der Waals surface area contributed by atoms with E-state index < -0.39 is 0 Å². The van der Waals surface area contributed by atoms with Gasteiger partial charge in [0.25, 0.3) is 5.91 Å². The standard InChI is InChI=1S/C16H18ClN3O/c1-4-18-15-8-12(13(17)9-19-15)16(21)20-14-6-5-10(2)7-11(14)3/h5-9H,4H2,1-3H3,(H,18,19)(H,20,21). The van der Waals surface area contributed by atoms with Gasteiger partial charge in [-0.05, 0) is 38.5 Å². The zero-order valence-corrected chi connectivity index (χ0v) is 13.1. The van der Waals surface area contributed by atoms with Crippen LogP contribution in [0.2, 0.25) is 5.02 Å². The monoisotopic (exact) mass is 303 g/mol. The van der Waals surface area contributed by atoms with Gasteiger partial charge in [0.15, 0.2) is 0 Å². The summed E-state index contributed by atoms with van der Waals surface area (Å²) in [6.07, 6.45) is 1.48. The van der Waals surface area contributed by atoms with Gasteiger partial charge in [0, 0.05) is 18.4 Å². The second-order valence-electron chi connectivity index (χ2n) is 4.85. The fourth-order valence-corrected chi connectivity index (χ4v) is 2.22. The number of carbonyl (C=O) groups is 1. The molecule has 0 radical (unpaired) electrons. The summed E-state index contributed by atoms with van der Waals surface area (Å²) in [5, 5.41) is 6.28. The van der Waals surface area contributed by atoms with E-state index in [2.05, 4.69) is 15.6 Å². The lowest BCUT2D eigenvalue weighted by Gasteiger charge is -2.11. The molecule has 0 aliphatic carbocycles. The lowest BCUT2D eigenvalue weighted by molar-refractivity contribution is 0.102. The number of amides is 1. The number of hydrogen-bond donors (Lipinski definition) is 2. The first kappa shape index (κ1) is 15.3. The van der Waals surface area contributed by atoms with E-state index in [1.165, 1.54) is 6.20 Å². The van der Waals surface area contributed by atoms with Crippen LogP contribution in [0, 0.1) is 13.8 Å². The summed E-state index contributed by atoms with van der Waals surface area (Å²) in [6, 6.07) is 7.53. The minimum absolute atomic E-state index is 0.242. The van der Waals surface area contributed by atoms with Gasteiger partial charge in [-0.3, -0.25) is 4.79 Å². The number of halogens is 1. The summed E-state index contributed by atoms with van der Waals surface area (Å²) in [5.74, 6) is 0.390. The molecule has 110 valence electrons. The molecule has 21 heavy (non-hydrogen) atoms. The van der Waals surface area contributed by atoms with Crippen molar-refractivity contribution in [2.75, 3.05) is 17.2 Å². The molecular formula is C16H18ClN3O. The number of benzene rings is 1. The zero-order valence-electron chi connectivity index (χ0n) is 12.3. The zero-order chi connectivity index (χ0) is 15.4. The molecule has 1 aromatic heterocycles. The van der Waals surface area contributed by atoms with Crippen LogP contribution in [0.4, 0.5) is 11.5 Å². The lowest BCUT2D eigenvalue weighted by atomic mass is 10.1. The molecule has 0 atom stereocenters. The van der Waals surface area contributed by atoms with E-state index in [1.54, 1.807) is 6.07 Å². The largest absolute Gasteiger partial charge is 0.370 e. The van der Waals surface area contributed by atoms with E-state index in [9.17, 15) is 4.79 Å². The Morgan fingerprint density at radius 2 is 2.05 bits per heavy atom. The van der Waals surface area contributed by atoms with Gasteiger partial charge in [0.1, 0.15) is 5.82 Å². The Morgan fingerprint density at radius 3 is 2.71 bits per heavy atom. The van der Waals surface area contributed by atoms with Crippen LogP contribution in [0.25, 0.3) is 0 Å². The molecule has 1 aromatic carbocycles. The third-order valence-electron chi connectivity index (χ3n) is 3.09. The molecule has 0 fully saturated rings. The van der Waals surface area contributed by atoms with Gasteiger partial charge in [-0.2, -0.15) is 0 Å². The van der Waals surface area contributed by atoms with Crippen molar-refractivity contribution in [3.63, 3.8) is 0 Å². The van der Waals surface area contributed by atoms with Crippen molar-refractivity contribution in [3.8, 4) is 0 Å². The molecule has 0 bridgehead atoms. The SMILES string of the molecule is CCNc1cc(C(=O)Nc2ccc(C)cc2C)c(Cl)cn1. The third-order valence-corrected chi connectivity index (χ3v) is 3.39. The van der Waals surface area contributed by atoms with Crippen LogP contribution >= 0.6 is 11.6 Å². The molecule has 1 heterocycles. The van der Waals surface area contributed by atoms with E-state index in [-0.39, 0.29) is 5.91 Å². The summed E-state index contributed by atoms with van der Waals surface area (Å²) in [7, 11) is 0. The highest BCUT2D eigenvalue weighted by atomic mass is 35.5. The maximum Gasteiger partial charge on any atom is 0.257 e. The van der Waals surface area contributed by atoms with Gasteiger partial charge in [-0.15, -0.1) is 0 Å². The molecule has 0 spiro atoms. The highest BCUT2D eigenvalue weighted by Crippen LogP contribution is 2.21. The number of aryl methyl sites for hydroxylation is 2. The number of rotatable bonds is 4. The van der Waals surface area contributed by atoms with Crippen molar-refractivity contribution in [1.82, 2.24) is 4.98 Å². The Balaban J connectivity index is 2.25. The summed E-state index contributed by atoms with van der Waals surface area (Å²) in [6.45, 7) is 6.67. The fraction of sp³-hybridized carbons (Fsp3) is 0.250. The number of aromatic nitrogens is 1. The summed E-state index contributed by atoms with van der Waals surface area (Å²) >= 11 is 6.07. The van der Waals surface area contributed by atoms with Crippen molar-refractivity contribution >= 4 is 29.0 Å².